The van der Waals surface area contributed by atoms with Crippen molar-refractivity contribution >= 4 is 17.2 Å². The van der Waals surface area contributed by atoms with Crippen LogP contribution >= 0.6 is 11.3 Å². The van der Waals surface area contributed by atoms with Gasteiger partial charge in [0, 0.05) is 25.4 Å². The number of ether oxygens (including phenoxy) is 1. The number of carbonyl (C=O) groups is 1. The number of amides is 1. The van der Waals surface area contributed by atoms with Crippen molar-refractivity contribution < 1.29 is 9.53 Å². The lowest BCUT2D eigenvalue weighted by molar-refractivity contribution is 0.0950. The summed E-state index contributed by atoms with van der Waals surface area (Å²) in [5, 5.41) is 3.99. The number of benzene rings is 1. The highest BCUT2D eigenvalue weighted by Crippen LogP contribution is 2.30. The van der Waals surface area contributed by atoms with Gasteiger partial charge in [0.05, 0.1) is 40.8 Å². The number of nitrogens with one attached hydrogen (secondary N) is 1. The van der Waals surface area contributed by atoms with Crippen LogP contribution in [0.5, 0.6) is 0 Å². The quantitative estimate of drug-likeness (QED) is 0.693. The van der Waals surface area contributed by atoms with Crippen LogP contribution in [-0.2, 0) is 17.8 Å². The summed E-state index contributed by atoms with van der Waals surface area (Å²) in [7, 11) is 1.66. The Morgan fingerprint density at radius 1 is 1.35 bits per heavy atom. The third-order valence-corrected chi connectivity index (χ3v) is 5.18. The number of rotatable bonds is 7. The van der Waals surface area contributed by atoms with Gasteiger partial charge in [0.1, 0.15) is 0 Å². The second-order valence-corrected chi connectivity index (χ2v) is 7.19. The molecule has 0 aliphatic heterocycles. The molecule has 0 saturated carbocycles. The Kier molecular flexibility index (Phi) is 5.80. The van der Waals surface area contributed by atoms with Gasteiger partial charge in [0.2, 0.25) is 0 Å². The molecule has 1 aromatic carbocycles. The van der Waals surface area contributed by atoms with Gasteiger partial charge < -0.3 is 14.6 Å². The maximum Gasteiger partial charge on any atom is 0.251 e. The summed E-state index contributed by atoms with van der Waals surface area (Å²) in [6, 6.07) is 7.65. The Morgan fingerprint density at radius 3 is 2.92 bits per heavy atom. The van der Waals surface area contributed by atoms with Crippen LogP contribution in [0.4, 0.5) is 0 Å². The predicted octanol–water partition coefficient (Wildman–Crippen LogP) is 3.20. The molecular weight excluding hydrogens is 348 g/mol. The SMILES string of the molecule is COCCn1cncc1CNC(=O)c1cccc(-c2sc(C)nc2C)c1. The molecule has 7 heteroatoms. The first-order valence-electron chi connectivity index (χ1n) is 8.39. The number of thiazole rings is 1. The third-order valence-electron chi connectivity index (χ3n) is 4.06. The molecule has 0 unspecified atom stereocenters. The minimum atomic E-state index is -0.106. The van der Waals surface area contributed by atoms with Gasteiger partial charge in [-0.15, -0.1) is 11.3 Å². The molecule has 2 heterocycles. The van der Waals surface area contributed by atoms with Gasteiger partial charge in [-0.2, -0.15) is 0 Å². The fraction of sp³-hybridized carbons (Fsp3) is 0.316. The molecule has 0 bridgehead atoms. The van der Waals surface area contributed by atoms with Gasteiger partial charge >= 0.3 is 0 Å². The van der Waals surface area contributed by atoms with E-state index < -0.39 is 0 Å². The van der Waals surface area contributed by atoms with E-state index >= 15 is 0 Å². The lowest BCUT2D eigenvalue weighted by atomic mass is 10.1. The molecule has 0 spiro atoms. The van der Waals surface area contributed by atoms with Crippen LogP contribution in [-0.4, -0.2) is 34.2 Å². The zero-order chi connectivity index (χ0) is 18.5. The van der Waals surface area contributed by atoms with E-state index in [1.54, 1.807) is 31.0 Å². The molecule has 1 amide bonds. The summed E-state index contributed by atoms with van der Waals surface area (Å²) in [6.07, 6.45) is 3.51. The predicted molar refractivity (Wildman–Crippen MR) is 102 cm³/mol. The number of methoxy groups -OCH3 is 1. The lowest BCUT2D eigenvalue weighted by Gasteiger charge is -2.09. The van der Waals surface area contributed by atoms with Crippen LogP contribution in [0.25, 0.3) is 10.4 Å². The van der Waals surface area contributed by atoms with Gasteiger partial charge in [-0.1, -0.05) is 12.1 Å². The fourth-order valence-electron chi connectivity index (χ4n) is 2.76. The van der Waals surface area contributed by atoms with Crippen molar-refractivity contribution in [1.82, 2.24) is 19.9 Å². The van der Waals surface area contributed by atoms with Crippen molar-refractivity contribution in [3.05, 3.63) is 58.7 Å². The average Bonchev–Trinajstić information content (AvgIpc) is 3.23. The maximum absolute atomic E-state index is 12.6. The van der Waals surface area contributed by atoms with E-state index in [9.17, 15) is 4.79 Å². The third kappa shape index (κ3) is 4.17. The van der Waals surface area contributed by atoms with Gasteiger partial charge in [0.15, 0.2) is 0 Å². The standard InChI is InChI=1S/C19H22N4O2S/c1-13-18(26-14(2)22-13)15-5-4-6-16(9-15)19(24)21-11-17-10-20-12-23(17)7-8-25-3/h4-6,9-10,12H,7-8,11H2,1-3H3,(H,21,24). The largest absolute Gasteiger partial charge is 0.383 e. The molecule has 136 valence electrons. The summed E-state index contributed by atoms with van der Waals surface area (Å²) >= 11 is 1.64. The molecular formula is C19H22N4O2S. The minimum absolute atomic E-state index is 0.106. The summed E-state index contributed by atoms with van der Waals surface area (Å²) < 4.78 is 7.07. The number of carbonyl (C=O) groups excluding carboxylic acids is 1. The maximum atomic E-state index is 12.6. The molecule has 3 aromatic rings. The number of hydrogen-bond donors (Lipinski definition) is 1. The number of aromatic nitrogens is 3. The second kappa shape index (κ2) is 8.25. The monoisotopic (exact) mass is 370 g/mol. The van der Waals surface area contributed by atoms with Gasteiger partial charge in [-0.25, -0.2) is 9.97 Å². The van der Waals surface area contributed by atoms with Crippen molar-refractivity contribution in [2.45, 2.75) is 26.9 Å². The van der Waals surface area contributed by atoms with Crippen LogP contribution in [0.3, 0.4) is 0 Å². The highest BCUT2D eigenvalue weighted by molar-refractivity contribution is 7.15. The Morgan fingerprint density at radius 2 is 2.19 bits per heavy atom. The van der Waals surface area contributed by atoms with Crippen molar-refractivity contribution in [3.8, 4) is 10.4 Å². The summed E-state index contributed by atoms with van der Waals surface area (Å²) in [5.41, 5.74) is 3.59. The van der Waals surface area contributed by atoms with Crippen LogP contribution in [0, 0.1) is 13.8 Å². The normalized spacial score (nSPS) is 10.9. The van der Waals surface area contributed by atoms with Crippen molar-refractivity contribution in [3.63, 3.8) is 0 Å². The van der Waals surface area contributed by atoms with Crippen LogP contribution in [0.2, 0.25) is 0 Å². The Balaban J connectivity index is 1.70. The first-order chi connectivity index (χ1) is 12.6. The Hall–Kier alpha value is -2.51. The van der Waals surface area contributed by atoms with Crippen LogP contribution < -0.4 is 5.32 Å². The first-order valence-corrected chi connectivity index (χ1v) is 9.20. The lowest BCUT2D eigenvalue weighted by Crippen LogP contribution is -2.24. The molecule has 2 aromatic heterocycles. The molecule has 0 fully saturated rings. The molecule has 0 aliphatic rings. The number of imidazole rings is 1. The number of hydrogen-bond acceptors (Lipinski definition) is 5. The fourth-order valence-corrected chi connectivity index (χ4v) is 3.68. The number of aryl methyl sites for hydroxylation is 2. The first kappa shape index (κ1) is 18.3. The van der Waals surface area contributed by atoms with E-state index in [0.29, 0.717) is 25.3 Å². The number of nitrogens with zero attached hydrogens (tertiary/aromatic N) is 3. The topological polar surface area (TPSA) is 69.0 Å². The van der Waals surface area contributed by atoms with E-state index in [4.69, 9.17) is 4.74 Å². The minimum Gasteiger partial charge on any atom is -0.383 e. The molecule has 1 N–H and O–H groups in total. The van der Waals surface area contributed by atoms with Crippen molar-refractivity contribution in [2.75, 3.05) is 13.7 Å². The van der Waals surface area contributed by atoms with Crippen molar-refractivity contribution in [2.24, 2.45) is 0 Å². The summed E-state index contributed by atoms with van der Waals surface area (Å²) in [6.45, 7) is 5.72. The molecule has 0 radical (unpaired) electrons. The zero-order valence-electron chi connectivity index (χ0n) is 15.2. The molecule has 0 saturated heterocycles. The Bertz CT molecular complexity index is 901. The van der Waals surface area contributed by atoms with Gasteiger partial charge in [0.25, 0.3) is 5.91 Å². The van der Waals surface area contributed by atoms with E-state index in [-0.39, 0.29) is 5.91 Å². The smallest absolute Gasteiger partial charge is 0.251 e. The van der Waals surface area contributed by atoms with Crippen molar-refractivity contribution in [1.29, 1.82) is 0 Å². The molecule has 0 aliphatic carbocycles. The van der Waals surface area contributed by atoms with Crippen LogP contribution in [0.15, 0.2) is 36.8 Å². The summed E-state index contributed by atoms with van der Waals surface area (Å²) in [4.78, 5) is 22.3. The molecule has 6 nitrogen and oxygen atoms in total. The summed E-state index contributed by atoms with van der Waals surface area (Å²) in [5.74, 6) is -0.106. The highest BCUT2D eigenvalue weighted by atomic mass is 32.1. The van der Waals surface area contributed by atoms with Gasteiger partial charge in [-0.05, 0) is 31.5 Å². The van der Waals surface area contributed by atoms with E-state index in [1.807, 2.05) is 42.7 Å². The second-order valence-electron chi connectivity index (χ2n) is 5.98. The van der Waals surface area contributed by atoms with E-state index in [0.717, 1.165) is 26.8 Å². The van der Waals surface area contributed by atoms with Crippen LogP contribution in [0.1, 0.15) is 26.8 Å². The zero-order valence-corrected chi connectivity index (χ0v) is 16.0. The molecule has 26 heavy (non-hydrogen) atoms. The van der Waals surface area contributed by atoms with E-state index in [2.05, 4.69) is 15.3 Å². The Labute approximate surface area is 156 Å². The van der Waals surface area contributed by atoms with Gasteiger partial charge in [-0.3, -0.25) is 4.79 Å². The van der Waals surface area contributed by atoms with E-state index in [1.165, 1.54) is 0 Å². The molecule has 0 atom stereocenters. The average molecular weight is 370 g/mol. The highest BCUT2D eigenvalue weighted by Gasteiger charge is 2.12. The molecule has 3 rings (SSSR count).